The van der Waals surface area contributed by atoms with Crippen LogP contribution in [0.15, 0.2) is 4.99 Å². The summed E-state index contributed by atoms with van der Waals surface area (Å²) in [6.07, 6.45) is 8.73. The SMILES string of the molecule is CCNC(=NCCCCN1CCC(C)CC1)N1CCC(OCCCOC)CC1. The van der Waals surface area contributed by atoms with E-state index in [2.05, 4.69) is 29.0 Å². The third-order valence-corrected chi connectivity index (χ3v) is 5.94. The number of likely N-dealkylation sites (tertiary alicyclic amines) is 2. The molecule has 2 fully saturated rings. The third-order valence-electron chi connectivity index (χ3n) is 5.94. The fraction of sp³-hybridized carbons (Fsp3) is 0.955. The van der Waals surface area contributed by atoms with Gasteiger partial charge in [0.1, 0.15) is 0 Å². The number of hydrogen-bond donors (Lipinski definition) is 1. The van der Waals surface area contributed by atoms with Crippen molar-refractivity contribution < 1.29 is 9.47 Å². The van der Waals surface area contributed by atoms with Crippen LogP contribution < -0.4 is 5.32 Å². The molecule has 0 atom stereocenters. The molecule has 0 aromatic heterocycles. The van der Waals surface area contributed by atoms with Crippen molar-refractivity contribution in [1.29, 1.82) is 0 Å². The molecule has 2 saturated heterocycles. The summed E-state index contributed by atoms with van der Waals surface area (Å²) < 4.78 is 11.1. The van der Waals surface area contributed by atoms with Gasteiger partial charge in [-0.05, 0) is 77.4 Å². The highest BCUT2D eigenvalue weighted by molar-refractivity contribution is 5.80. The van der Waals surface area contributed by atoms with Crippen LogP contribution in [0.2, 0.25) is 0 Å². The molecule has 164 valence electrons. The van der Waals surface area contributed by atoms with Crippen LogP contribution in [-0.2, 0) is 9.47 Å². The van der Waals surface area contributed by atoms with Crippen molar-refractivity contribution in [1.82, 2.24) is 15.1 Å². The van der Waals surface area contributed by atoms with Crippen LogP contribution in [0.4, 0.5) is 0 Å². The van der Waals surface area contributed by atoms with Crippen molar-refractivity contribution in [3.8, 4) is 0 Å². The van der Waals surface area contributed by atoms with Gasteiger partial charge < -0.3 is 24.6 Å². The average molecular weight is 397 g/mol. The lowest BCUT2D eigenvalue weighted by Crippen LogP contribution is -2.47. The van der Waals surface area contributed by atoms with Gasteiger partial charge in [0.2, 0.25) is 0 Å². The number of hydrogen-bond acceptors (Lipinski definition) is 4. The summed E-state index contributed by atoms with van der Waals surface area (Å²) in [7, 11) is 1.74. The van der Waals surface area contributed by atoms with E-state index in [1.165, 1.54) is 45.3 Å². The number of rotatable bonds is 11. The molecule has 6 heteroatoms. The molecule has 0 amide bonds. The van der Waals surface area contributed by atoms with E-state index in [1.807, 2.05) is 0 Å². The Balaban J connectivity index is 1.62. The molecule has 1 N–H and O–H groups in total. The van der Waals surface area contributed by atoms with Crippen LogP contribution in [0, 0.1) is 5.92 Å². The summed E-state index contributed by atoms with van der Waals surface area (Å²) in [5.74, 6) is 2.01. The zero-order valence-electron chi connectivity index (χ0n) is 18.6. The van der Waals surface area contributed by atoms with E-state index in [0.29, 0.717) is 6.10 Å². The number of unbranched alkanes of at least 4 members (excludes halogenated alkanes) is 1. The lowest BCUT2D eigenvalue weighted by molar-refractivity contribution is 0.00990. The minimum atomic E-state index is 0.392. The highest BCUT2D eigenvalue weighted by Crippen LogP contribution is 2.16. The fourth-order valence-corrected chi connectivity index (χ4v) is 4.03. The zero-order chi connectivity index (χ0) is 20.0. The zero-order valence-corrected chi connectivity index (χ0v) is 18.6. The van der Waals surface area contributed by atoms with Gasteiger partial charge in [0.25, 0.3) is 0 Å². The number of aliphatic imine (C=N–C) groups is 1. The van der Waals surface area contributed by atoms with Gasteiger partial charge in [-0.2, -0.15) is 0 Å². The first-order valence-electron chi connectivity index (χ1n) is 11.6. The van der Waals surface area contributed by atoms with Crippen molar-refractivity contribution >= 4 is 5.96 Å². The summed E-state index contributed by atoms with van der Waals surface area (Å²) in [4.78, 5) is 9.94. The van der Waals surface area contributed by atoms with E-state index < -0.39 is 0 Å². The van der Waals surface area contributed by atoms with E-state index in [0.717, 1.165) is 70.5 Å². The number of guanidine groups is 1. The van der Waals surface area contributed by atoms with Crippen LogP contribution in [0.1, 0.15) is 58.8 Å². The molecule has 2 aliphatic heterocycles. The van der Waals surface area contributed by atoms with E-state index in [9.17, 15) is 0 Å². The van der Waals surface area contributed by atoms with Crippen molar-refractivity contribution in [2.75, 3.05) is 66.1 Å². The molecule has 28 heavy (non-hydrogen) atoms. The monoisotopic (exact) mass is 396 g/mol. The molecule has 2 rings (SSSR count). The van der Waals surface area contributed by atoms with Crippen LogP contribution in [-0.4, -0.2) is 88.0 Å². The summed E-state index contributed by atoms with van der Waals surface area (Å²) in [6.45, 7) is 13.9. The van der Waals surface area contributed by atoms with Gasteiger partial charge in [-0.3, -0.25) is 4.99 Å². The molecule has 0 aromatic rings. The Morgan fingerprint density at radius 1 is 1.00 bits per heavy atom. The van der Waals surface area contributed by atoms with E-state index >= 15 is 0 Å². The fourth-order valence-electron chi connectivity index (χ4n) is 4.03. The molecule has 6 nitrogen and oxygen atoms in total. The van der Waals surface area contributed by atoms with Gasteiger partial charge in [-0.15, -0.1) is 0 Å². The summed E-state index contributed by atoms with van der Waals surface area (Å²) >= 11 is 0. The molecule has 2 heterocycles. The number of piperidine rings is 2. The van der Waals surface area contributed by atoms with Gasteiger partial charge in [0.15, 0.2) is 5.96 Å². The van der Waals surface area contributed by atoms with Gasteiger partial charge >= 0.3 is 0 Å². The highest BCUT2D eigenvalue weighted by Gasteiger charge is 2.21. The predicted octanol–water partition coefficient (Wildman–Crippen LogP) is 2.98. The Morgan fingerprint density at radius 3 is 2.43 bits per heavy atom. The van der Waals surface area contributed by atoms with E-state index in [-0.39, 0.29) is 0 Å². The average Bonchev–Trinajstić information content (AvgIpc) is 2.72. The summed E-state index contributed by atoms with van der Waals surface area (Å²) in [5, 5.41) is 3.48. The van der Waals surface area contributed by atoms with E-state index in [4.69, 9.17) is 14.5 Å². The molecule has 0 saturated carbocycles. The largest absolute Gasteiger partial charge is 0.385 e. The number of ether oxygens (including phenoxy) is 2. The predicted molar refractivity (Wildman–Crippen MR) is 117 cm³/mol. The third kappa shape index (κ3) is 9.10. The molecule has 2 aliphatic rings. The first-order valence-corrected chi connectivity index (χ1v) is 11.6. The van der Waals surface area contributed by atoms with Gasteiger partial charge in [-0.25, -0.2) is 0 Å². The molecular formula is C22H44N4O2. The molecule has 0 aliphatic carbocycles. The minimum absolute atomic E-state index is 0.392. The van der Waals surface area contributed by atoms with Crippen LogP contribution in [0.25, 0.3) is 0 Å². The second kappa shape index (κ2) is 14.2. The van der Waals surface area contributed by atoms with Crippen molar-refractivity contribution in [2.45, 2.75) is 64.9 Å². The van der Waals surface area contributed by atoms with Crippen LogP contribution in [0.5, 0.6) is 0 Å². The lowest BCUT2D eigenvalue weighted by Gasteiger charge is -2.34. The maximum atomic E-state index is 5.98. The van der Waals surface area contributed by atoms with Gasteiger partial charge in [0, 0.05) is 46.5 Å². The Kier molecular flexibility index (Phi) is 11.9. The van der Waals surface area contributed by atoms with Gasteiger partial charge in [-0.1, -0.05) is 6.92 Å². The second-order valence-electron chi connectivity index (χ2n) is 8.37. The molecule has 0 unspecified atom stereocenters. The normalized spacial score (nSPS) is 20.7. The first-order chi connectivity index (χ1) is 13.7. The molecular weight excluding hydrogens is 352 g/mol. The molecule has 0 radical (unpaired) electrons. The molecule has 0 aromatic carbocycles. The molecule has 0 spiro atoms. The maximum absolute atomic E-state index is 5.98. The number of nitrogens with one attached hydrogen (secondary N) is 1. The number of nitrogens with zero attached hydrogens (tertiary/aromatic N) is 3. The maximum Gasteiger partial charge on any atom is 0.193 e. The Labute approximate surface area is 173 Å². The summed E-state index contributed by atoms with van der Waals surface area (Å²) in [5.41, 5.74) is 0. The summed E-state index contributed by atoms with van der Waals surface area (Å²) in [6, 6.07) is 0. The van der Waals surface area contributed by atoms with Crippen molar-refractivity contribution in [3.05, 3.63) is 0 Å². The first kappa shape index (κ1) is 23.4. The Morgan fingerprint density at radius 2 is 1.75 bits per heavy atom. The lowest BCUT2D eigenvalue weighted by atomic mass is 9.99. The van der Waals surface area contributed by atoms with E-state index in [1.54, 1.807) is 7.11 Å². The topological polar surface area (TPSA) is 49.3 Å². The highest BCUT2D eigenvalue weighted by atomic mass is 16.5. The Hall–Kier alpha value is -0.850. The van der Waals surface area contributed by atoms with Crippen molar-refractivity contribution in [3.63, 3.8) is 0 Å². The molecule has 0 bridgehead atoms. The smallest absolute Gasteiger partial charge is 0.193 e. The van der Waals surface area contributed by atoms with Crippen molar-refractivity contribution in [2.24, 2.45) is 10.9 Å². The Bertz CT molecular complexity index is 417. The quantitative estimate of drug-likeness (QED) is 0.331. The van der Waals surface area contributed by atoms with Crippen LogP contribution in [0.3, 0.4) is 0 Å². The van der Waals surface area contributed by atoms with Crippen LogP contribution >= 0.6 is 0 Å². The standard InChI is InChI=1S/C22H44N4O2/c1-4-23-22(24-12-5-6-13-25-14-8-20(2)9-15-25)26-16-10-21(11-17-26)28-19-7-18-27-3/h20-21H,4-19H2,1-3H3,(H,23,24). The van der Waals surface area contributed by atoms with Gasteiger partial charge in [0.05, 0.1) is 6.10 Å². The minimum Gasteiger partial charge on any atom is -0.385 e. The second-order valence-corrected chi connectivity index (χ2v) is 8.37. The number of methoxy groups -OCH3 is 1.